The monoisotopic (exact) mass is 519 g/mol. The van der Waals surface area contributed by atoms with Gasteiger partial charge in [0.2, 0.25) is 5.95 Å². The summed E-state index contributed by atoms with van der Waals surface area (Å²) in [6.45, 7) is 0.644. The number of hydrogen-bond donors (Lipinski definition) is 4. The highest BCUT2D eigenvalue weighted by Gasteiger charge is 2.51. The van der Waals surface area contributed by atoms with Gasteiger partial charge in [0.1, 0.15) is 5.75 Å². The summed E-state index contributed by atoms with van der Waals surface area (Å²) in [6, 6.07) is 6.98. The number of anilines is 2. The van der Waals surface area contributed by atoms with E-state index >= 15 is 0 Å². The van der Waals surface area contributed by atoms with Crippen molar-refractivity contribution in [2.24, 2.45) is 11.7 Å². The predicted octanol–water partition coefficient (Wildman–Crippen LogP) is 2.72. The number of amides is 2. The minimum atomic E-state index is -4.78. The lowest BCUT2D eigenvalue weighted by Gasteiger charge is -2.39. The molecular formula is C24H28F3N7O3. The fourth-order valence-corrected chi connectivity index (χ4v) is 4.87. The van der Waals surface area contributed by atoms with Crippen LogP contribution < -0.4 is 31.6 Å². The molecule has 3 atom stereocenters. The number of nitrogens with one attached hydrogen (secondary N) is 3. The average Bonchev–Trinajstić information content (AvgIpc) is 3.76. The zero-order chi connectivity index (χ0) is 26.2. The lowest BCUT2D eigenvalue weighted by Crippen LogP contribution is -2.55. The zero-order valence-corrected chi connectivity index (χ0v) is 19.9. The maximum atomic E-state index is 13.2. The van der Waals surface area contributed by atoms with Gasteiger partial charge in [-0.15, -0.1) is 13.2 Å². The quantitative estimate of drug-likeness (QED) is 0.422. The largest absolute Gasteiger partial charge is 0.573 e. The molecule has 5 N–H and O–H groups in total. The van der Waals surface area contributed by atoms with Crippen LogP contribution in [0.4, 0.5) is 29.6 Å². The molecule has 1 aromatic heterocycles. The number of ether oxygens (including phenoxy) is 1. The Hall–Kier alpha value is -3.90. The van der Waals surface area contributed by atoms with Gasteiger partial charge in [-0.25, -0.2) is 9.78 Å². The number of rotatable bonds is 8. The maximum Gasteiger partial charge on any atom is 0.573 e. The Balaban J connectivity index is 1.19. The molecule has 0 spiro atoms. The fourth-order valence-electron chi connectivity index (χ4n) is 4.87. The van der Waals surface area contributed by atoms with Crippen LogP contribution in [0.3, 0.4) is 0 Å². The summed E-state index contributed by atoms with van der Waals surface area (Å²) in [4.78, 5) is 36.1. The van der Waals surface area contributed by atoms with Crippen molar-refractivity contribution in [2.75, 3.05) is 23.3 Å². The molecule has 1 aliphatic heterocycles. The molecule has 1 saturated heterocycles. The van der Waals surface area contributed by atoms with Gasteiger partial charge in [-0.1, -0.05) is 6.07 Å². The van der Waals surface area contributed by atoms with Gasteiger partial charge in [0.15, 0.2) is 0 Å². The molecule has 13 heteroatoms. The third-order valence-electron chi connectivity index (χ3n) is 6.70. The van der Waals surface area contributed by atoms with Crippen molar-refractivity contribution in [3.8, 4) is 5.75 Å². The van der Waals surface area contributed by atoms with Gasteiger partial charge < -0.3 is 30.9 Å². The number of fused-ring (bicyclic) bond motifs is 1. The number of piperidine rings is 1. The first kappa shape index (κ1) is 24.8. The molecule has 10 nitrogen and oxygen atoms in total. The van der Waals surface area contributed by atoms with Gasteiger partial charge in [-0.2, -0.15) is 0 Å². The summed E-state index contributed by atoms with van der Waals surface area (Å²) >= 11 is 0. The van der Waals surface area contributed by atoms with Crippen molar-refractivity contribution >= 4 is 17.7 Å². The first-order chi connectivity index (χ1) is 17.7. The second kappa shape index (κ2) is 9.87. The molecule has 2 aliphatic carbocycles. The van der Waals surface area contributed by atoms with Gasteiger partial charge in [0.25, 0.3) is 5.56 Å². The molecule has 2 heterocycles. The fraction of sp³-hybridized carbons (Fsp3) is 0.458. The lowest BCUT2D eigenvalue weighted by molar-refractivity contribution is -0.274. The van der Waals surface area contributed by atoms with Crippen molar-refractivity contribution in [1.29, 1.82) is 0 Å². The number of benzene rings is 1. The number of carbonyl (C=O) groups excluding carboxylic acids is 1. The number of halogens is 3. The lowest BCUT2D eigenvalue weighted by atomic mass is 10.0. The average molecular weight is 520 g/mol. The number of H-pyrrole nitrogens is 1. The van der Waals surface area contributed by atoms with Crippen LogP contribution in [0.5, 0.6) is 5.75 Å². The van der Waals surface area contributed by atoms with Crippen LogP contribution in [-0.2, 0) is 0 Å². The normalized spacial score (nSPS) is 23.2. The second-order valence-corrected chi connectivity index (χ2v) is 9.60. The number of urea groups is 1. The molecule has 2 unspecified atom stereocenters. The molecule has 37 heavy (non-hydrogen) atoms. The second-order valence-electron chi connectivity index (χ2n) is 9.60. The summed E-state index contributed by atoms with van der Waals surface area (Å²) in [5, 5.41) is 5.68. The molecule has 3 aliphatic rings. The minimum Gasteiger partial charge on any atom is -0.406 e. The third kappa shape index (κ3) is 6.27. The molecule has 198 valence electrons. The Labute approximate surface area is 210 Å². The molecule has 3 fully saturated rings. The van der Waals surface area contributed by atoms with Crippen LogP contribution in [0, 0.1) is 5.92 Å². The van der Waals surface area contributed by atoms with Crippen molar-refractivity contribution in [2.45, 2.75) is 50.2 Å². The number of aromatic amines is 1. The number of aromatic nitrogens is 2. The summed E-state index contributed by atoms with van der Waals surface area (Å²) in [5.41, 5.74) is 6.46. The molecular weight excluding hydrogens is 491 g/mol. The minimum absolute atomic E-state index is 0.0264. The molecule has 2 aromatic rings. The maximum absolute atomic E-state index is 13.2. The number of nitrogens with zero attached hydrogens (tertiary/aromatic N) is 3. The highest BCUT2D eigenvalue weighted by atomic mass is 19.4. The third-order valence-corrected chi connectivity index (χ3v) is 6.70. The Bertz CT molecular complexity index is 1230. The van der Waals surface area contributed by atoms with Crippen molar-refractivity contribution in [1.82, 2.24) is 20.2 Å². The van der Waals surface area contributed by atoms with E-state index in [9.17, 15) is 22.8 Å². The number of nitrogens with two attached hydrogens (primary N) is 1. The van der Waals surface area contributed by atoms with Crippen LogP contribution >= 0.6 is 0 Å². The highest BCUT2D eigenvalue weighted by molar-refractivity contribution is 5.76. The van der Waals surface area contributed by atoms with Crippen LogP contribution in [0.15, 0.2) is 53.2 Å². The number of hydrogen-bond acceptors (Lipinski definition) is 7. The topological polar surface area (TPSA) is 129 Å². The van der Waals surface area contributed by atoms with Crippen LogP contribution in [-0.4, -0.2) is 58.5 Å². The zero-order valence-electron chi connectivity index (χ0n) is 19.9. The van der Waals surface area contributed by atoms with Gasteiger partial charge in [-0.05, 0) is 43.7 Å². The van der Waals surface area contributed by atoms with E-state index in [2.05, 4.69) is 30.2 Å². The molecule has 0 radical (unpaired) electrons. The Morgan fingerprint density at radius 2 is 2.08 bits per heavy atom. The summed E-state index contributed by atoms with van der Waals surface area (Å²) in [5.74, 6) is 0.625. The first-order valence-corrected chi connectivity index (χ1v) is 12.1. The Morgan fingerprint density at radius 1 is 1.27 bits per heavy atom. The van der Waals surface area contributed by atoms with Gasteiger partial charge in [0, 0.05) is 54.5 Å². The van der Waals surface area contributed by atoms with Crippen molar-refractivity contribution in [3.05, 3.63) is 58.8 Å². The Kier molecular flexibility index (Phi) is 6.61. The summed E-state index contributed by atoms with van der Waals surface area (Å²) in [6.07, 6.45) is 1.89. The summed E-state index contributed by atoms with van der Waals surface area (Å²) < 4.78 is 41.2. The standard InChI is InChI=1S/C24H28F3N7O3/c25-24(26,27)37-19-3-1-2-16(10-19)30-11-15(28)12-31-23(36)34(17-4-5-17)18-8-14-9-20(14)33(13-18)22-29-7-6-21(35)32-22/h1-3,6-7,10-11,14,17-18,20,30H,4-5,8-9,12-13,28H2,(H,31,36)(H,29,32,35)/b15-11-/t14?,18-,20?/m1/s1. The van der Waals surface area contributed by atoms with E-state index in [-0.39, 0.29) is 36.0 Å². The predicted molar refractivity (Wildman–Crippen MR) is 130 cm³/mol. The number of carbonyl (C=O) groups is 1. The summed E-state index contributed by atoms with van der Waals surface area (Å²) in [7, 11) is 0. The molecule has 5 rings (SSSR count). The molecule has 0 bridgehead atoms. The van der Waals surface area contributed by atoms with Crippen LogP contribution in [0.25, 0.3) is 0 Å². The van der Waals surface area contributed by atoms with Crippen LogP contribution in [0.2, 0.25) is 0 Å². The first-order valence-electron chi connectivity index (χ1n) is 12.1. The van der Waals surface area contributed by atoms with E-state index in [0.717, 1.165) is 25.7 Å². The van der Waals surface area contributed by atoms with E-state index in [1.165, 1.54) is 36.7 Å². The van der Waals surface area contributed by atoms with E-state index < -0.39 is 6.36 Å². The van der Waals surface area contributed by atoms with E-state index in [1.54, 1.807) is 6.07 Å². The van der Waals surface area contributed by atoms with Gasteiger partial charge >= 0.3 is 12.4 Å². The smallest absolute Gasteiger partial charge is 0.406 e. The van der Waals surface area contributed by atoms with Gasteiger partial charge in [0.05, 0.1) is 12.6 Å². The van der Waals surface area contributed by atoms with Crippen LogP contribution in [0.1, 0.15) is 25.7 Å². The van der Waals surface area contributed by atoms with E-state index in [0.29, 0.717) is 35.8 Å². The number of alkyl halides is 3. The van der Waals surface area contributed by atoms with Crippen molar-refractivity contribution < 1.29 is 22.7 Å². The molecule has 2 saturated carbocycles. The molecule has 2 amide bonds. The Morgan fingerprint density at radius 3 is 2.81 bits per heavy atom. The van der Waals surface area contributed by atoms with Crippen molar-refractivity contribution in [3.63, 3.8) is 0 Å². The van der Waals surface area contributed by atoms with E-state index in [4.69, 9.17) is 5.73 Å². The van der Waals surface area contributed by atoms with Gasteiger partial charge in [-0.3, -0.25) is 9.78 Å². The van der Waals surface area contributed by atoms with E-state index in [1.807, 2.05) is 4.90 Å². The molecule has 1 aromatic carbocycles. The SMILES string of the molecule is N/C(=C\Nc1cccc(OC(F)(F)F)c1)CNC(=O)N(C1CC1)[C@@H]1CC2CC2N(c2nccc(=O)[nH]2)C1. The highest BCUT2D eigenvalue weighted by Crippen LogP contribution is 2.46.